The van der Waals surface area contributed by atoms with Gasteiger partial charge in [0.25, 0.3) is 0 Å². The Balaban J connectivity index is 1.44. The van der Waals surface area contributed by atoms with E-state index in [1.807, 2.05) is 11.3 Å². The van der Waals surface area contributed by atoms with Crippen molar-refractivity contribution in [2.24, 2.45) is 0 Å². The highest BCUT2D eigenvalue weighted by Crippen LogP contribution is 2.51. The maximum absolute atomic E-state index is 2.47. The lowest BCUT2D eigenvalue weighted by atomic mass is 9.87. The second kappa shape index (κ2) is 10.2. The summed E-state index contributed by atoms with van der Waals surface area (Å²) >= 11 is 1.96. The van der Waals surface area contributed by atoms with Gasteiger partial charge in [-0.15, -0.1) is 11.3 Å². The summed E-state index contributed by atoms with van der Waals surface area (Å²) in [6.07, 6.45) is 0. The number of fused-ring (bicyclic) bond motifs is 17. The van der Waals surface area contributed by atoms with Crippen molar-refractivity contribution in [3.05, 3.63) is 139 Å². The van der Waals surface area contributed by atoms with Gasteiger partial charge >= 0.3 is 0 Å². The van der Waals surface area contributed by atoms with Gasteiger partial charge in [-0.25, -0.2) is 0 Å². The van der Waals surface area contributed by atoms with Gasteiger partial charge in [-0.3, -0.25) is 0 Å². The quantitative estimate of drug-likeness (QED) is 0.171. The lowest BCUT2D eigenvalue weighted by Crippen LogP contribution is -1.95. The molecule has 0 radical (unpaired) electrons. The molecule has 230 valence electrons. The molecular weight excluding hydrogens is 599 g/mol. The van der Waals surface area contributed by atoms with Crippen LogP contribution in [0.5, 0.6) is 0 Å². The molecule has 0 unspecified atom stereocenters. The highest BCUT2D eigenvalue weighted by molar-refractivity contribution is 7.27. The van der Waals surface area contributed by atoms with Gasteiger partial charge in [0.15, 0.2) is 0 Å². The van der Waals surface area contributed by atoms with Crippen LogP contribution < -0.4 is 0 Å². The predicted molar refractivity (Wildman–Crippen MR) is 212 cm³/mol. The number of thiophene rings is 1. The number of para-hydroxylation sites is 1. The molecule has 0 saturated carbocycles. The summed E-state index contributed by atoms with van der Waals surface area (Å²) in [5.41, 5.74) is 6.47. The third-order valence-corrected chi connectivity index (χ3v) is 11.9. The zero-order chi connectivity index (χ0) is 32.3. The lowest BCUT2D eigenvalue weighted by Gasteiger charge is -2.16. The Labute approximate surface area is 283 Å². The van der Waals surface area contributed by atoms with Crippen molar-refractivity contribution in [1.29, 1.82) is 0 Å². The van der Waals surface area contributed by atoms with Gasteiger partial charge in [-0.2, -0.15) is 0 Å². The van der Waals surface area contributed by atoms with Gasteiger partial charge in [0.1, 0.15) is 0 Å². The van der Waals surface area contributed by atoms with Crippen LogP contribution in [0.25, 0.3) is 90.8 Å². The SMILES string of the molecule is CC(C)c1ccc(-n2c3ccccc3c3c4c(ccc32)sc2c3c5ccccc5c5cc(C(C)C)ccc5c3c3ccccc3c24)cc1. The maximum atomic E-state index is 2.47. The monoisotopic (exact) mass is 633 g/mol. The summed E-state index contributed by atoms with van der Waals surface area (Å²) in [6.45, 7) is 9.10. The van der Waals surface area contributed by atoms with Crippen LogP contribution in [0.1, 0.15) is 50.7 Å². The van der Waals surface area contributed by atoms with E-state index in [9.17, 15) is 0 Å². The molecule has 0 aliphatic carbocycles. The van der Waals surface area contributed by atoms with Crippen molar-refractivity contribution >= 4 is 96.4 Å². The largest absolute Gasteiger partial charge is 0.309 e. The Morgan fingerprint density at radius 1 is 0.417 bits per heavy atom. The Morgan fingerprint density at radius 2 is 0.979 bits per heavy atom. The molecule has 0 bridgehead atoms. The third-order valence-electron chi connectivity index (χ3n) is 10.7. The topological polar surface area (TPSA) is 4.93 Å². The highest BCUT2D eigenvalue weighted by atomic mass is 32.1. The number of aromatic nitrogens is 1. The summed E-state index contributed by atoms with van der Waals surface area (Å²) in [6, 6.07) is 48.3. The van der Waals surface area contributed by atoms with Crippen molar-refractivity contribution in [3.8, 4) is 5.69 Å². The van der Waals surface area contributed by atoms with Crippen molar-refractivity contribution in [2.45, 2.75) is 39.5 Å². The van der Waals surface area contributed by atoms with Crippen molar-refractivity contribution in [3.63, 3.8) is 0 Å². The van der Waals surface area contributed by atoms with E-state index in [1.54, 1.807) is 0 Å². The summed E-state index contributed by atoms with van der Waals surface area (Å²) in [5, 5.41) is 16.2. The summed E-state index contributed by atoms with van der Waals surface area (Å²) < 4.78 is 5.19. The smallest absolute Gasteiger partial charge is 0.0548 e. The van der Waals surface area contributed by atoms with E-state index < -0.39 is 0 Å². The van der Waals surface area contributed by atoms with E-state index in [-0.39, 0.29) is 0 Å². The zero-order valence-electron chi connectivity index (χ0n) is 27.6. The Hall–Kier alpha value is -5.18. The fourth-order valence-corrected chi connectivity index (χ4v) is 9.66. The number of nitrogens with zero attached hydrogens (tertiary/aromatic N) is 1. The first-order valence-corrected chi connectivity index (χ1v) is 18.0. The molecule has 0 fully saturated rings. The second-order valence-corrected chi connectivity index (χ2v) is 15.1. The van der Waals surface area contributed by atoms with E-state index >= 15 is 0 Å². The first-order chi connectivity index (χ1) is 23.5. The van der Waals surface area contributed by atoms with Crippen molar-refractivity contribution in [1.82, 2.24) is 4.57 Å². The molecule has 2 aromatic heterocycles. The van der Waals surface area contributed by atoms with E-state index in [4.69, 9.17) is 0 Å². The molecule has 0 amide bonds. The standard InChI is InChI=1S/C46H35NS/c1-26(2)28-17-20-30(21-18-28)47-38-16-10-9-15-36(38)42-39(47)23-24-40-45(42)44-34-14-8-7-13-33(34)41-35-22-19-29(27(3)4)25-37(35)31-11-5-6-12-32(31)43(41)46(44)48-40/h5-27H,1-4H3. The molecule has 0 saturated heterocycles. The first kappa shape index (κ1) is 27.9. The minimum absolute atomic E-state index is 0.475. The minimum atomic E-state index is 0.475. The van der Waals surface area contributed by atoms with Gasteiger partial charge in [0, 0.05) is 42.0 Å². The van der Waals surface area contributed by atoms with Crippen molar-refractivity contribution < 1.29 is 0 Å². The fraction of sp³-hybridized carbons (Fsp3) is 0.130. The lowest BCUT2D eigenvalue weighted by molar-refractivity contribution is 0.866. The van der Waals surface area contributed by atoms with Gasteiger partial charge in [-0.1, -0.05) is 125 Å². The van der Waals surface area contributed by atoms with Crippen LogP contribution in [0.15, 0.2) is 127 Å². The van der Waals surface area contributed by atoms with Crippen LogP contribution in [0.4, 0.5) is 0 Å². The van der Waals surface area contributed by atoms with Gasteiger partial charge in [0.05, 0.1) is 11.0 Å². The minimum Gasteiger partial charge on any atom is -0.309 e. The molecule has 0 aliphatic heterocycles. The van der Waals surface area contributed by atoms with Crippen LogP contribution in [-0.2, 0) is 0 Å². The average Bonchev–Trinajstić information content (AvgIpc) is 3.67. The number of rotatable bonds is 3. The van der Waals surface area contributed by atoms with Crippen LogP contribution in [0.2, 0.25) is 0 Å². The normalized spacial score (nSPS) is 12.5. The molecule has 1 nitrogen and oxygen atoms in total. The molecule has 0 N–H and O–H groups in total. The molecule has 10 aromatic rings. The fourth-order valence-electron chi connectivity index (χ4n) is 8.37. The van der Waals surface area contributed by atoms with E-state index in [1.165, 1.54) is 102 Å². The van der Waals surface area contributed by atoms with Crippen molar-refractivity contribution in [2.75, 3.05) is 0 Å². The molecule has 0 aliphatic rings. The maximum Gasteiger partial charge on any atom is 0.0548 e. The molecule has 2 heteroatoms. The predicted octanol–water partition coefficient (Wildman–Crippen LogP) is 14.0. The van der Waals surface area contributed by atoms with Crippen LogP contribution >= 0.6 is 11.3 Å². The number of benzene rings is 8. The van der Waals surface area contributed by atoms with Gasteiger partial charge in [0.2, 0.25) is 0 Å². The Bertz CT molecular complexity index is 2930. The molecule has 0 atom stereocenters. The molecular formula is C46H35NS. The third kappa shape index (κ3) is 3.72. The molecule has 8 aromatic carbocycles. The van der Waals surface area contributed by atoms with Gasteiger partial charge < -0.3 is 4.57 Å². The average molecular weight is 634 g/mol. The molecule has 0 spiro atoms. The highest BCUT2D eigenvalue weighted by Gasteiger charge is 2.23. The van der Waals surface area contributed by atoms with Crippen LogP contribution in [0, 0.1) is 0 Å². The summed E-state index contributed by atoms with van der Waals surface area (Å²) in [7, 11) is 0. The first-order valence-electron chi connectivity index (χ1n) is 17.2. The van der Waals surface area contributed by atoms with Crippen LogP contribution in [-0.4, -0.2) is 4.57 Å². The zero-order valence-corrected chi connectivity index (χ0v) is 28.5. The molecule has 2 heterocycles. The van der Waals surface area contributed by atoms with Crippen LogP contribution in [0.3, 0.4) is 0 Å². The van der Waals surface area contributed by atoms with E-state index in [0.29, 0.717) is 11.8 Å². The number of hydrogen-bond donors (Lipinski definition) is 0. The van der Waals surface area contributed by atoms with E-state index in [0.717, 1.165) is 0 Å². The summed E-state index contributed by atoms with van der Waals surface area (Å²) in [4.78, 5) is 0. The molecule has 48 heavy (non-hydrogen) atoms. The Kier molecular flexibility index (Phi) is 5.90. The van der Waals surface area contributed by atoms with Gasteiger partial charge in [-0.05, 0) is 91.0 Å². The van der Waals surface area contributed by atoms with E-state index in [2.05, 4.69) is 160 Å². The number of hydrogen-bond acceptors (Lipinski definition) is 1. The summed E-state index contributed by atoms with van der Waals surface area (Å²) in [5.74, 6) is 0.978. The second-order valence-electron chi connectivity index (χ2n) is 14.0. The Morgan fingerprint density at radius 3 is 1.69 bits per heavy atom. The molecule has 10 rings (SSSR count).